The van der Waals surface area contributed by atoms with E-state index in [1.165, 1.54) is 29.8 Å². The smallest absolute Gasteiger partial charge is 0.259 e. The molecule has 0 aliphatic carbocycles. The Labute approximate surface area is 150 Å². The van der Waals surface area contributed by atoms with Crippen LogP contribution in [0, 0.1) is 20.8 Å². The molecular formula is C21H27N3O. The normalized spacial score (nSPS) is 16.8. The van der Waals surface area contributed by atoms with Gasteiger partial charge in [-0.1, -0.05) is 24.8 Å². The van der Waals surface area contributed by atoms with Crippen LogP contribution in [0.1, 0.15) is 35.4 Å². The Balaban J connectivity index is 0.000000192. The number of H-pyrrole nitrogens is 1. The van der Waals surface area contributed by atoms with Gasteiger partial charge in [-0.15, -0.1) is 0 Å². The fourth-order valence-corrected chi connectivity index (χ4v) is 3.48. The molecule has 1 saturated heterocycles. The van der Waals surface area contributed by atoms with Crippen molar-refractivity contribution < 1.29 is 4.79 Å². The second-order valence-electron chi connectivity index (χ2n) is 6.96. The summed E-state index contributed by atoms with van der Waals surface area (Å²) in [4.78, 5) is 19.5. The number of carbonyl (C=O) groups excluding carboxylic acids is 1. The van der Waals surface area contributed by atoms with E-state index in [0.717, 1.165) is 24.3 Å². The van der Waals surface area contributed by atoms with Gasteiger partial charge < -0.3 is 4.98 Å². The van der Waals surface area contributed by atoms with E-state index < -0.39 is 0 Å². The number of nitrogens with one attached hydrogen (secondary N) is 1. The van der Waals surface area contributed by atoms with Gasteiger partial charge in [0, 0.05) is 22.5 Å². The maximum Gasteiger partial charge on any atom is 0.259 e. The van der Waals surface area contributed by atoms with E-state index in [4.69, 9.17) is 0 Å². The molecule has 1 amide bonds. The van der Waals surface area contributed by atoms with E-state index in [1.807, 2.05) is 29.2 Å². The molecule has 3 heterocycles. The Morgan fingerprint density at radius 1 is 1.12 bits per heavy atom. The number of aryl methyl sites for hydroxylation is 3. The van der Waals surface area contributed by atoms with Gasteiger partial charge in [0.25, 0.3) is 5.91 Å². The van der Waals surface area contributed by atoms with Crippen molar-refractivity contribution in [2.24, 2.45) is 0 Å². The highest BCUT2D eigenvalue weighted by Gasteiger charge is 2.31. The summed E-state index contributed by atoms with van der Waals surface area (Å²) in [5.41, 5.74) is 6.50. The molecule has 1 fully saturated rings. The Morgan fingerprint density at radius 3 is 2.36 bits per heavy atom. The van der Waals surface area contributed by atoms with Gasteiger partial charge in [0.2, 0.25) is 0 Å². The Hall–Kier alpha value is -2.33. The fraction of sp³-hybridized carbons (Fsp3) is 0.381. The van der Waals surface area contributed by atoms with E-state index in [1.54, 1.807) is 0 Å². The zero-order chi connectivity index (χ0) is 18.0. The van der Waals surface area contributed by atoms with Crippen LogP contribution >= 0.6 is 0 Å². The number of aromatic amines is 1. The molecule has 2 aliphatic rings. The highest BCUT2D eigenvalue weighted by molar-refractivity contribution is 6.31. The van der Waals surface area contributed by atoms with Gasteiger partial charge in [-0.05, 0) is 64.4 Å². The van der Waals surface area contributed by atoms with Crippen LogP contribution in [0.2, 0.25) is 0 Å². The van der Waals surface area contributed by atoms with Gasteiger partial charge in [-0.3, -0.25) is 14.6 Å². The molecule has 1 aromatic heterocycles. The lowest BCUT2D eigenvalue weighted by atomic mass is 10.1. The van der Waals surface area contributed by atoms with Crippen molar-refractivity contribution in [3.05, 3.63) is 59.4 Å². The SMILES string of the molecule is C=C1C(=O)N(CN2CCCC2)c2ccccc21.Cc1cc(C)c(C)[nH]1. The Morgan fingerprint density at radius 2 is 1.80 bits per heavy atom. The van der Waals surface area contributed by atoms with Gasteiger partial charge in [-0.25, -0.2) is 0 Å². The number of benzene rings is 1. The first kappa shape index (κ1) is 17.5. The zero-order valence-corrected chi connectivity index (χ0v) is 15.4. The molecule has 0 radical (unpaired) electrons. The van der Waals surface area contributed by atoms with Crippen LogP contribution in [0.5, 0.6) is 0 Å². The van der Waals surface area contributed by atoms with E-state index in [2.05, 4.69) is 43.3 Å². The summed E-state index contributed by atoms with van der Waals surface area (Å²) < 4.78 is 0. The fourth-order valence-electron chi connectivity index (χ4n) is 3.48. The minimum atomic E-state index is 0.0538. The highest BCUT2D eigenvalue weighted by Crippen LogP contribution is 2.35. The number of carbonyl (C=O) groups is 1. The maximum absolute atomic E-state index is 12.1. The summed E-state index contributed by atoms with van der Waals surface area (Å²) in [6, 6.07) is 10.1. The average molecular weight is 337 g/mol. The first-order valence-corrected chi connectivity index (χ1v) is 8.92. The predicted octanol–water partition coefficient (Wildman–Crippen LogP) is 4.04. The molecule has 2 aliphatic heterocycles. The molecule has 0 saturated carbocycles. The van der Waals surface area contributed by atoms with Crippen LogP contribution < -0.4 is 4.90 Å². The topological polar surface area (TPSA) is 39.3 Å². The van der Waals surface area contributed by atoms with Crippen molar-refractivity contribution in [2.75, 3.05) is 24.7 Å². The van der Waals surface area contributed by atoms with Gasteiger partial charge >= 0.3 is 0 Å². The van der Waals surface area contributed by atoms with Crippen LogP contribution in [0.15, 0.2) is 36.9 Å². The Kier molecular flexibility index (Phi) is 5.09. The third-order valence-electron chi connectivity index (χ3n) is 4.97. The first-order valence-electron chi connectivity index (χ1n) is 8.92. The van der Waals surface area contributed by atoms with E-state index in [-0.39, 0.29) is 5.91 Å². The van der Waals surface area contributed by atoms with Gasteiger partial charge in [0.05, 0.1) is 12.4 Å². The predicted molar refractivity (Wildman–Crippen MR) is 104 cm³/mol. The molecule has 0 bridgehead atoms. The maximum atomic E-state index is 12.1. The molecule has 25 heavy (non-hydrogen) atoms. The molecule has 0 atom stereocenters. The average Bonchev–Trinajstić information content (AvgIpc) is 3.26. The molecule has 1 N–H and O–H groups in total. The lowest BCUT2D eigenvalue weighted by molar-refractivity contribution is -0.113. The molecule has 4 nitrogen and oxygen atoms in total. The molecule has 0 unspecified atom stereocenters. The number of hydrogen-bond acceptors (Lipinski definition) is 2. The Bertz CT molecular complexity index is 765. The first-order chi connectivity index (χ1) is 12.0. The van der Waals surface area contributed by atoms with E-state index in [0.29, 0.717) is 12.2 Å². The van der Waals surface area contributed by atoms with Crippen molar-refractivity contribution in [2.45, 2.75) is 33.6 Å². The van der Waals surface area contributed by atoms with E-state index >= 15 is 0 Å². The van der Waals surface area contributed by atoms with Gasteiger partial charge in [0.15, 0.2) is 0 Å². The van der Waals surface area contributed by atoms with Crippen molar-refractivity contribution in [3.63, 3.8) is 0 Å². The minimum Gasteiger partial charge on any atom is -0.363 e. The summed E-state index contributed by atoms with van der Waals surface area (Å²) in [6.45, 7) is 13.1. The number of aromatic nitrogens is 1. The molecule has 4 heteroatoms. The highest BCUT2D eigenvalue weighted by atomic mass is 16.2. The van der Waals surface area contributed by atoms with Crippen molar-refractivity contribution in [3.8, 4) is 0 Å². The zero-order valence-electron chi connectivity index (χ0n) is 15.4. The number of rotatable bonds is 2. The molecule has 4 rings (SSSR count). The second kappa shape index (κ2) is 7.28. The monoisotopic (exact) mass is 337 g/mol. The van der Waals surface area contributed by atoms with Crippen LogP contribution in [-0.2, 0) is 4.79 Å². The summed E-state index contributed by atoms with van der Waals surface area (Å²) in [5.74, 6) is 0.0538. The standard InChI is InChI=1S/C14H16N2O.C7H11N/c1-11-12-6-2-3-7-13(12)16(14(11)17)10-15-8-4-5-9-15;1-5-4-6(2)8-7(5)3/h2-3,6-7H,1,4-5,8-10H2;4,8H,1-3H3. The van der Waals surface area contributed by atoms with Crippen LogP contribution in [0.25, 0.3) is 5.57 Å². The van der Waals surface area contributed by atoms with E-state index in [9.17, 15) is 4.79 Å². The third-order valence-corrected chi connectivity index (χ3v) is 4.97. The minimum absolute atomic E-state index is 0.0538. The summed E-state index contributed by atoms with van der Waals surface area (Å²) in [6.07, 6.45) is 2.48. The van der Waals surface area contributed by atoms with Crippen LogP contribution in [-0.4, -0.2) is 35.5 Å². The largest absolute Gasteiger partial charge is 0.363 e. The summed E-state index contributed by atoms with van der Waals surface area (Å²) in [7, 11) is 0. The number of fused-ring (bicyclic) bond motifs is 1. The van der Waals surface area contributed by atoms with Gasteiger partial charge in [0.1, 0.15) is 0 Å². The molecule has 132 valence electrons. The van der Waals surface area contributed by atoms with Crippen molar-refractivity contribution >= 4 is 17.2 Å². The van der Waals surface area contributed by atoms with Crippen molar-refractivity contribution in [1.29, 1.82) is 0 Å². The second-order valence-corrected chi connectivity index (χ2v) is 6.96. The summed E-state index contributed by atoms with van der Waals surface area (Å²) >= 11 is 0. The number of amides is 1. The van der Waals surface area contributed by atoms with Crippen LogP contribution in [0.3, 0.4) is 0 Å². The lowest BCUT2D eigenvalue weighted by Gasteiger charge is -2.23. The molecule has 1 aromatic carbocycles. The van der Waals surface area contributed by atoms with Crippen LogP contribution in [0.4, 0.5) is 5.69 Å². The third kappa shape index (κ3) is 3.69. The number of likely N-dealkylation sites (tertiary alicyclic amines) is 1. The molecule has 2 aromatic rings. The molecule has 0 spiro atoms. The van der Waals surface area contributed by atoms with Crippen molar-refractivity contribution in [1.82, 2.24) is 9.88 Å². The molecular weight excluding hydrogens is 310 g/mol. The number of para-hydroxylation sites is 1. The number of hydrogen-bond donors (Lipinski definition) is 1. The quantitative estimate of drug-likeness (QED) is 0.840. The van der Waals surface area contributed by atoms with Gasteiger partial charge in [-0.2, -0.15) is 0 Å². The summed E-state index contributed by atoms with van der Waals surface area (Å²) in [5, 5.41) is 0. The number of nitrogens with zero attached hydrogens (tertiary/aromatic N) is 2. The number of anilines is 1. The lowest BCUT2D eigenvalue weighted by Crippen LogP contribution is -2.38.